The highest BCUT2D eigenvalue weighted by Gasteiger charge is 2.00. The molecule has 0 spiro atoms. The van der Waals surface area contributed by atoms with Crippen molar-refractivity contribution in [3.63, 3.8) is 0 Å². The zero-order valence-electron chi connectivity index (χ0n) is 13.6. The zero-order valence-corrected chi connectivity index (χ0v) is 13.6. The number of aromatic nitrogens is 2. The van der Waals surface area contributed by atoms with Crippen molar-refractivity contribution in [1.82, 2.24) is 9.55 Å². The van der Waals surface area contributed by atoms with Gasteiger partial charge in [-0.25, -0.2) is 4.98 Å². The molecule has 0 aromatic carbocycles. The van der Waals surface area contributed by atoms with Crippen molar-refractivity contribution in [2.24, 2.45) is 0 Å². The second kappa shape index (κ2) is 12.8. The van der Waals surface area contributed by atoms with Gasteiger partial charge in [-0.3, -0.25) is 0 Å². The zero-order chi connectivity index (χ0) is 15.2. The number of hydrogen-bond acceptors (Lipinski definition) is 4. The van der Waals surface area contributed by atoms with Crippen LogP contribution in [-0.2, 0) is 27.2 Å². The summed E-state index contributed by atoms with van der Waals surface area (Å²) in [5.41, 5.74) is 0. The van der Waals surface area contributed by atoms with E-state index in [9.17, 15) is 0 Å². The molecule has 5 heteroatoms. The van der Waals surface area contributed by atoms with Crippen LogP contribution in [0.4, 0.5) is 0 Å². The van der Waals surface area contributed by atoms with Crippen LogP contribution < -0.4 is 0 Å². The molecular weight excluding hydrogens is 268 g/mol. The molecule has 0 unspecified atom stereocenters. The van der Waals surface area contributed by atoms with E-state index < -0.39 is 0 Å². The van der Waals surface area contributed by atoms with Gasteiger partial charge in [0.2, 0.25) is 0 Å². The lowest BCUT2D eigenvalue weighted by molar-refractivity contribution is 0.0126. The summed E-state index contributed by atoms with van der Waals surface area (Å²) in [6.45, 7) is 9.30. The van der Waals surface area contributed by atoms with E-state index in [1.165, 1.54) is 6.42 Å². The Bertz CT molecular complexity index is 342. The van der Waals surface area contributed by atoms with Crippen molar-refractivity contribution in [3.8, 4) is 0 Å². The minimum atomic E-state index is 0.628. The van der Waals surface area contributed by atoms with Gasteiger partial charge in [-0.1, -0.05) is 20.3 Å². The Balaban J connectivity index is 1.89. The van der Waals surface area contributed by atoms with Crippen LogP contribution in [0.5, 0.6) is 0 Å². The van der Waals surface area contributed by atoms with Crippen LogP contribution in [-0.4, -0.2) is 49.2 Å². The molecule has 1 aromatic rings. The van der Waals surface area contributed by atoms with Gasteiger partial charge in [0.25, 0.3) is 0 Å². The predicted octanol–water partition coefficient (Wildman–Crippen LogP) is 2.69. The maximum absolute atomic E-state index is 5.57. The normalized spacial score (nSPS) is 11.1. The molecule has 0 aliphatic carbocycles. The van der Waals surface area contributed by atoms with E-state index >= 15 is 0 Å². The Morgan fingerprint density at radius 3 is 2.24 bits per heavy atom. The maximum Gasteiger partial charge on any atom is 0.108 e. The molecule has 1 heterocycles. The van der Waals surface area contributed by atoms with Crippen molar-refractivity contribution in [3.05, 3.63) is 18.2 Å². The van der Waals surface area contributed by atoms with Crippen LogP contribution in [0.1, 0.15) is 38.9 Å². The van der Waals surface area contributed by atoms with E-state index in [0.29, 0.717) is 33.0 Å². The standard InChI is InChI=1S/C16H30N2O3/c1-3-5-10-19-12-14-21-15-13-20-11-9-18-8-7-17-16(18)6-4-2/h7-8H,3-6,9-15H2,1-2H3. The molecule has 1 rings (SSSR count). The highest BCUT2D eigenvalue weighted by molar-refractivity contribution is 4.92. The quantitative estimate of drug-likeness (QED) is 0.495. The summed E-state index contributed by atoms with van der Waals surface area (Å²) in [7, 11) is 0. The largest absolute Gasteiger partial charge is 0.379 e. The summed E-state index contributed by atoms with van der Waals surface area (Å²) in [6, 6.07) is 0. The molecule has 1 aromatic heterocycles. The molecule has 0 radical (unpaired) electrons. The first-order valence-electron chi connectivity index (χ1n) is 8.11. The second-order valence-corrected chi connectivity index (χ2v) is 4.98. The maximum atomic E-state index is 5.57. The van der Waals surface area contributed by atoms with Crippen molar-refractivity contribution < 1.29 is 14.2 Å². The Kier molecular flexibility index (Phi) is 11.1. The molecular formula is C16H30N2O3. The van der Waals surface area contributed by atoms with E-state index in [1.54, 1.807) is 0 Å². The molecule has 0 aliphatic rings. The summed E-state index contributed by atoms with van der Waals surface area (Å²) in [4.78, 5) is 4.34. The number of hydrogen-bond donors (Lipinski definition) is 0. The second-order valence-electron chi connectivity index (χ2n) is 4.98. The molecule has 0 atom stereocenters. The highest BCUT2D eigenvalue weighted by Crippen LogP contribution is 2.01. The predicted molar refractivity (Wildman–Crippen MR) is 83.6 cm³/mol. The number of nitrogens with zero attached hydrogens (tertiary/aromatic N) is 2. The van der Waals surface area contributed by atoms with Crippen LogP contribution in [0.2, 0.25) is 0 Å². The molecule has 5 nitrogen and oxygen atoms in total. The van der Waals surface area contributed by atoms with Crippen LogP contribution in [0.3, 0.4) is 0 Å². The van der Waals surface area contributed by atoms with E-state index in [0.717, 1.165) is 38.2 Å². The van der Waals surface area contributed by atoms with Gasteiger partial charge in [-0.15, -0.1) is 0 Å². The topological polar surface area (TPSA) is 45.5 Å². The molecule has 0 bridgehead atoms. The van der Waals surface area contributed by atoms with Gasteiger partial charge >= 0.3 is 0 Å². The summed E-state index contributed by atoms with van der Waals surface area (Å²) >= 11 is 0. The first kappa shape index (κ1) is 18.1. The van der Waals surface area contributed by atoms with E-state index in [-0.39, 0.29) is 0 Å². The van der Waals surface area contributed by atoms with Gasteiger partial charge in [-0.2, -0.15) is 0 Å². The lowest BCUT2D eigenvalue weighted by Crippen LogP contribution is -2.13. The fourth-order valence-electron chi connectivity index (χ4n) is 1.95. The lowest BCUT2D eigenvalue weighted by atomic mass is 10.3. The van der Waals surface area contributed by atoms with Gasteiger partial charge in [0.05, 0.1) is 33.0 Å². The van der Waals surface area contributed by atoms with Crippen molar-refractivity contribution in [2.45, 2.75) is 46.1 Å². The van der Waals surface area contributed by atoms with Gasteiger partial charge in [0, 0.05) is 32.0 Å². The van der Waals surface area contributed by atoms with Gasteiger partial charge < -0.3 is 18.8 Å². The van der Waals surface area contributed by atoms with Gasteiger partial charge in [0.15, 0.2) is 0 Å². The fourth-order valence-corrected chi connectivity index (χ4v) is 1.95. The van der Waals surface area contributed by atoms with Crippen molar-refractivity contribution in [2.75, 3.05) is 39.6 Å². The molecule has 0 saturated heterocycles. The number of ether oxygens (including phenoxy) is 3. The Labute approximate surface area is 128 Å². The van der Waals surface area contributed by atoms with Crippen molar-refractivity contribution in [1.29, 1.82) is 0 Å². The third-order valence-electron chi connectivity index (χ3n) is 3.14. The van der Waals surface area contributed by atoms with Gasteiger partial charge in [0.1, 0.15) is 5.82 Å². The van der Waals surface area contributed by atoms with Crippen LogP contribution in [0.25, 0.3) is 0 Å². The minimum absolute atomic E-state index is 0.628. The monoisotopic (exact) mass is 298 g/mol. The SMILES string of the molecule is CCCCOCCOCCOCCn1ccnc1CCC. The minimum Gasteiger partial charge on any atom is -0.379 e. The fraction of sp³-hybridized carbons (Fsp3) is 0.812. The Hall–Kier alpha value is -0.910. The summed E-state index contributed by atoms with van der Waals surface area (Å²) in [5, 5.41) is 0. The molecule has 21 heavy (non-hydrogen) atoms. The smallest absolute Gasteiger partial charge is 0.108 e. The van der Waals surface area contributed by atoms with E-state index in [4.69, 9.17) is 14.2 Å². The first-order valence-corrected chi connectivity index (χ1v) is 8.11. The van der Waals surface area contributed by atoms with Crippen LogP contribution >= 0.6 is 0 Å². The number of unbranched alkanes of at least 4 members (excludes halogenated alkanes) is 1. The number of imidazole rings is 1. The molecule has 122 valence electrons. The highest BCUT2D eigenvalue weighted by atomic mass is 16.5. The Morgan fingerprint density at radius 1 is 0.905 bits per heavy atom. The lowest BCUT2D eigenvalue weighted by Gasteiger charge is -2.09. The van der Waals surface area contributed by atoms with E-state index in [1.807, 2.05) is 12.4 Å². The van der Waals surface area contributed by atoms with Crippen LogP contribution in [0.15, 0.2) is 12.4 Å². The number of rotatable bonds is 14. The molecule has 0 N–H and O–H groups in total. The molecule has 0 aliphatic heterocycles. The third-order valence-corrected chi connectivity index (χ3v) is 3.14. The molecule has 0 amide bonds. The summed E-state index contributed by atoms with van der Waals surface area (Å²) in [6.07, 6.45) is 8.30. The first-order chi connectivity index (χ1) is 10.4. The van der Waals surface area contributed by atoms with Gasteiger partial charge in [-0.05, 0) is 12.8 Å². The third kappa shape index (κ3) is 8.86. The summed E-state index contributed by atoms with van der Waals surface area (Å²) in [5.74, 6) is 1.14. The average Bonchev–Trinajstić information content (AvgIpc) is 2.92. The van der Waals surface area contributed by atoms with E-state index in [2.05, 4.69) is 23.4 Å². The Morgan fingerprint density at radius 2 is 1.57 bits per heavy atom. The summed E-state index contributed by atoms with van der Waals surface area (Å²) < 4.78 is 18.6. The van der Waals surface area contributed by atoms with Crippen LogP contribution in [0, 0.1) is 0 Å². The molecule has 0 fully saturated rings. The molecule has 0 saturated carbocycles. The van der Waals surface area contributed by atoms with Crippen molar-refractivity contribution >= 4 is 0 Å². The average molecular weight is 298 g/mol. The number of aryl methyl sites for hydroxylation is 1.